The summed E-state index contributed by atoms with van der Waals surface area (Å²) in [4.78, 5) is 37.4. The maximum absolute atomic E-state index is 11.6. The minimum atomic E-state index is -1.10. The minimum absolute atomic E-state index is 0.546. The molecule has 0 fully saturated rings. The molecule has 0 aliphatic carbocycles. The fourth-order valence-electron chi connectivity index (χ4n) is 1.04. The van der Waals surface area contributed by atoms with Gasteiger partial charge >= 0.3 is 17.7 Å². The highest BCUT2D eigenvalue weighted by molar-refractivity contribution is 6.45. The lowest BCUT2D eigenvalue weighted by Crippen LogP contribution is -2.34. The molecule has 0 N–H and O–H groups in total. The Morgan fingerprint density at radius 2 is 1.30 bits per heavy atom. The zero-order chi connectivity index (χ0) is 16.1. The van der Waals surface area contributed by atoms with Crippen molar-refractivity contribution < 1.29 is 28.6 Å². The first-order chi connectivity index (χ1) is 8.85. The summed E-state index contributed by atoms with van der Waals surface area (Å²) in [6.45, 7) is 9.67. The van der Waals surface area contributed by atoms with Gasteiger partial charge in [0.25, 0.3) is 5.78 Å². The summed E-state index contributed by atoms with van der Waals surface area (Å²) in [7, 11) is 0. The molecule has 0 spiro atoms. The lowest BCUT2D eigenvalue weighted by Gasteiger charge is -2.19. The van der Waals surface area contributed by atoms with Crippen LogP contribution >= 0.6 is 0 Å². The van der Waals surface area contributed by atoms with Crippen molar-refractivity contribution >= 4 is 23.4 Å². The number of ether oxygens (including phenoxy) is 2. The number of hydrogen-bond donors (Lipinski definition) is 0. The summed E-state index contributed by atoms with van der Waals surface area (Å²) in [6.07, 6.45) is -0.680. The van der Waals surface area contributed by atoms with Crippen LogP contribution in [0.3, 0.4) is 0 Å². The van der Waals surface area contributed by atoms with Crippen molar-refractivity contribution in [1.82, 2.24) is 0 Å². The molecule has 0 heterocycles. The number of carbonyl (C=O) groups excluding carboxylic acids is 3. The number of rotatable bonds is 4. The molecule has 0 radical (unpaired) electrons. The van der Waals surface area contributed by atoms with Gasteiger partial charge in [0.15, 0.2) is 0 Å². The van der Waals surface area contributed by atoms with Gasteiger partial charge in [0.05, 0.1) is 0 Å². The van der Waals surface area contributed by atoms with Crippen LogP contribution in [0.5, 0.6) is 0 Å². The number of carbonyl (C=O) groups is 3. The molecule has 0 aromatic carbocycles. The van der Waals surface area contributed by atoms with Gasteiger partial charge < -0.3 is 15.0 Å². The first-order valence-corrected chi connectivity index (χ1v) is 6.06. The quantitative estimate of drug-likeness (QED) is 0.254. The summed E-state index contributed by atoms with van der Waals surface area (Å²) < 4.78 is 9.79. The Hall–Kier alpha value is -2.01. The highest BCUT2D eigenvalue weighted by Crippen LogP contribution is 2.10. The van der Waals surface area contributed by atoms with E-state index >= 15 is 0 Å². The molecule has 0 aliphatic rings. The first-order valence-electron chi connectivity index (χ1n) is 6.06. The fourth-order valence-corrected chi connectivity index (χ4v) is 1.04. The van der Waals surface area contributed by atoms with Gasteiger partial charge in [0, 0.05) is 0 Å². The van der Waals surface area contributed by atoms with Crippen LogP contribution in [0.2, 0.25) is 0 Å². The summed E-state index contributed by atoms with van der Waals surface area (Å²) in [6, 6.07) is 0. The van der Waals surface area contributed by atoms with Gasteiger partial charge in [-0.1, -0.05) is 0 Å². The van der Waals surface area contributed by atoms with Gasteiger partial charge in [-0.05, 0) is 41.5 Å². The van der Waals surface area contributed by atoms with Gasteiger partial charge in [0.1, 0.15) is 17.6 Å². The van der Waals surface area contributed by atoms with E-state index in [-0.39, 0.29) is 0 Å². The van der Waals surface area contributed by atoms with Gasteiger partial charge in [-0.25, -0.2) is 9.59 Å². The maximum atomic E-state index is 11.6. The molecule has 0 saturated heterocycles. The van der Waals surface area contributed by atoms with Crippen LogP contribution in [-0.2, 0) is 23.9 Å². The van der Waals surface area contributed by atoms with Crippen molar-refractivity contribution in [2.24, 2.45) is 0 Å². The van der Waals surface area contributed by atoms with Gasteiger partial charge in [-0.15, -0.1) is 0 Å². The first kappa shape index (κ1) is 18.0. The predicted molar refractivity (Wildman–Crippen MR) is 69.9 cm³/mol. The average molecular weight is 284 g/mol. The Labute approximate surface area is 117 Å². The van der Waals surface area contributed by atoms with Crippen LogP contribution in [0.15, 0.2) is 0 Å². The molecule has 20 heavy (non-hydrogen) atoms. The van der Waals surface area contributed by atoms with Crippen LogP contribution in [-0.4, -0.2) is 39.4 Å². The highest BCUT2D eigenvalue weighted by atomic mass is 16.6. The fraction of sp³-hybridized carbons (Fsp3) is 0.692. The van der Waals surface area contributed by atoms with Crippen LogP contribution in [0.1, 0.15) is 48.0 Å². The largest absolute Gasteiger partial charge is 0.454 e. The minimum Gasteiger partial charge on any atom is -0.454 e. The third-order valence-corrected chi connectivity index (χ3v) is 1.71. The van der Waals surface area contributed by atoms with Crippen LogP contribution in [0.4, 0.5) is 0 Å². The second kappa shape index (κ2) is 6.43. The Balaban J connectivity index is 4.76. The third kappa shape index (κ3) is 7.43. The van der Waals surface area contributed by atoms with Crippen molar-refractivity contribution in [2.75, 3.05) is 0 Å². The van der Waals surface area contributed by atoms with Gasteiger partial charge in [-0.2, -0.15) is 4.79 Å². The number of esters is 2. The topological polar surface area (TPSA) is 106 Å². The number of ketones is 1. The molecule has 0 aromatic rings. The molecule has 0 bridgehead atoms. The van der Waals surface area contributed by atoms with Crippen molar-refractivity contribution in [3.63, 3.8) is 0 Å². The maximum Gasteiger partial charge on any atom is 0.417 e. The Morgan fingerprint density at radius 3 is 1.65 bits per heavy atom. The summed E-state index contributed by atoms with van der Waals surface area (Å²) in [5, 5.41) is 0. The van der Waals surface area contributed by atoms with Crippen molar-refractivity contribution in [2.45, 2.75) is 59.2 Å². The predicted octanol–water partition coefficient (Wildman–Crippen LogP) is 1.30. The lowest BCUT2D eigenvalue weighted by molar-refractivity contribution is -0.162. The van der Waals surface area contributed by atoms with Gasteiger partial charge in [-0.3, -0.25) is 4.79 Å². The summed E-state index contributed by atoms with van der Waals surface area (Å²) in [5.74, 6) is -3.04. The van der Waals surface area contributed by atoms with E-state index in [0.29, 0.717) is 0 Å². The van der Waals surface area contributed by atoms with Crippen molar-refractivity contribution in [1.29, 1.82) is 0 Å². The monoisotopic (exact) mass is 284 g/mol. The molecule has 0 unspecified atom stereocenters. The van der Waals surface area contributed by atoms with E-state index in [1.807, 2.05) is 0 Å². The molecule has 7 nitrogen and oxygen atoms in total. The average Bonchev–Trinajstić information content (AvgIpc) is 2.20. The van der Waals surface area contributed by atoms with Crippen LogP contribution in [0.25, 0.3) is 5.53 Å². The van der Waals surface area contributed by atoms with E-state index in [1.54, 1.807) is 41.5 Å². The summed E-state index contributed by atoms with van der Waals surface area (Å²) >= 11 is 0. The normalized spacial score (nSPS) is 11.3. The molecule has 0 atom stereocenters. The third-order valence-electron chi connectivity index (χ3n) is 1.71. The molecule has 7 heteroatoms. The molecule has 0 aromatic heterocycles. The SMILES string of the molecule is CC(C)(C)OC(=O)C(=O)CC(=[N+]=[N-])C(=O)OC(C)(C)C. The number of Topliss-reactive ketones (excluding diaryl/α,β-unsaturated/α-hetero) is 1. The van der Waals surface area contributed by atoms with E-state index in [9.17, 15) is 14.4 Å². The molecule has 0 aliphatic heterocycles. The summed E-state index contributed by atoms with van der Waals surface area (Å²) in [5.41, 5.74) is 6.57. The molecular weight excluding hydrogens is 264 g/mol. The molecule has 0 amide bonds. The van der Waals surface area contributed by atoms with E-state index in [4.69, 9.17) is 15.0 Å². The number of hydrogen-bond acceptors (Lipinski definition) is 5. The second-order valence-corrected chi connectivity index (χ2v) is 6.15. The van der Waals surface area contributed by atoms with E-state index in [2.05, 4.69) is 4.79 Å². The van der Waals surface area contributed by atoms with E-state index < -0.39 is 41.1 Å². The highest BCUT2D eigenvalue weighted by Gasteiger charge is 2.33. The van der Waals surface area contributed by atoms with E-state index in [0.717, 1.165) is 0 Å². The van der Waals surface area contributed by atoms with Crippen LogP contribution in [0, 0.1) is 0 Å². The van der Waals surface area contributed by atoms with Crippen LogP contribution < -0.4 is 0 Å². The van der Waals surface area contributed by atoms with Gasteiger partial charge in [0.2, 0.25) is 0 Å². The molecule has 0 rings (SSSR count). The van der Waals surface area contributed by atoms with Crippen molar-refractivity contribution in [3.8, 4) is 0 Å². The zero-order valence-electron chi connectivity index (χ0n) is 12.6. The molecule has 112 valence electrons. The molecule has 0 saturated carbocycles. The van der Waals surface area contributed by atoms with Crippen molar-refractivity contribution in [3.05, 3.63) is 5.53 Å². The Kier molecular flexibility index (Phi) is 5.78. The Bertz CT molecular complexity index is 462. The zero-order valence-corrected chi connectivity index (χ0v) is 12.6. The second-order valence-electron chi connectivity index (χ2n) is 6.15. The van der Waals surface area contributed by atoms with E-state index in [1.165, 1.54) is 0 Å². The smallest absolute Gasteiger partial charge is 0.417 e. The molecular formula is C13H20N2O5. The Morgan fingerprint density at radius 1 is 0.900 bits per heavy atom. The lowest BCUT2D eigenvalue weighted by atomic mass is 10.1. The number of nitrogens with zero attached hydrogens (tertiary/aromatic N) is 2. The standard InChI is InChI=1S/C13H20N2O5/c1-12(2,3)19-10(17)8(15-14)7-9(16)11(18)20-13(4,5)6/h7H2,1-6H3.